The van der Waals surface area contributed by atoms with Crippen LogP contribution in [0.4, 0.5) is 0 Å². The summed E-state index contributed by atoms with van der Waals surface area (Å²) in [6.07, 6.45) is 2.32. The summed E-state index contributed by atoms with van der Waals surface area (Å²) in [4.78, 5) is 19.2. The fourth-order valence-electron chi connectivity index (χ4n) is 2.26. The number of ether oxygens (including phenoxy) is 2. The van der Waals surface area contributed by atoms with E-state index < -0.39 is 0 Å². The Balaban J connectivity index is 1.57. The van der Waals surface area contributed by atoms with E-state index in [1.54, 1.807) is 23.8 Å². The maximum Gasteiger partial charge on any atom is 0.267 e. The van der Waals surface area contributed by atoms with Crippen molar-refractivity contribution in [2.75, 3.05) is 13.2 Å². The maximum atomic E-state index is 12.1. The summed E-state index contributed by atoms with van der Waals surface area (Å²) in [5, 5.41) is 4.96. The molecular weight excluding hydrogens is 290 g/mol. The van der Waals surface area contributed by atoms with Crippen LogP contribution in [0.1, 0.15) is 22.6 Å². The van der Waals surface area contributed by atoms with E-state index in [-0.39, 0.29) is 18.1 Å². The van der Waals surface area contributed by atoms with Crippen LogP contribution in [-0.4, -0.2) is 41.2 Å². The quantitative estimate of drug-likeness (QED) is 0.879. The third-order valence-corrected chi connectivity index (χ3v) is 4.03. The Morgan fingerprint density at radius 3 is 3.33 bits per heavy atom. The second-order valence-electron chi connectivity index (χ2n) is 4.86. The second kappa shape index (κ2) is 6.84. The predicted molar refractivity (Wildman–Crippen MR) is 78.2 cm³/mol. The Morgan fingerprint density at radius 1 is 1.62 bits per heavy atom. The van der Waals surface area contributed by atoms with Crippen LogP contribution in [0.15, 0.2) is 29.2 Å². The van der Waals surface area contributed by atoms with Crippen LogP contribution >= 0.6 is 11.3 Å². The van der Waals surface area contributed by atoms with Gasteiger partial charge in [-0.05, 0) is 18.6 Å². The first-order valence-electron chi connectivity index (χ1n) is 6.83. The predicted octanol–water partition coefficient (Wildman–Crippen LogP) is 1.58. The first-order valence-corrected chi connectivity index (χ1v) is 7.78. The summed E-state index contributed by atoms with van der Waals surface area (Å²) in [6, 6.07) is 3.50. The van der Waals surface area contributed by atoms with Gasteiger partial charge in [0.1, 0.15) is 11.8 Å². The van der Waals surface area contributed by atoms with E-state index in [4.69, 9.17) is 9.47 Å². The zero-order valence-electron chi connectivity index (χ0n) is 11.5. The van der Waals surface area contributed by atoms with Gasteiger partial charge in [-0.3, -0.25) is 4.79 Å². The lowest BCUT2D eigenvalue weighted by Gasteiger charge is -2.31. The third-order valence-electron chi connectivity index (χ3n) is 3.39. The molecule has 1 aliphatic heterocycles. The Hall–Kier alpha value is -1.70. The van der Waals surface area contributed by atoms with Crippen molar-refractivity contribution in [2.45, 2.75) is 25.2 Å². The van der Waals surface area contributed by atoms with Gasteiger partial charge in [0.25, 0.3) is 5.91 Å². The minimum Gasteiger partial charge on any atom is -0.379 e. The van der Waals surface area contributed by atoms with Crippen molar-refractivity contribution in [1.29, 1.82) is 0 Å². The second-order valence-corrected chi connectivity index (χ2v) is 5.58. The van der Waals surface area contributed by atoms with Crippen LogP contribution in [0.2, 0.25) is 0 Å². The van der Waals surface area contributed by atoms with Crippen molar-refractivity contribution in [2.24, 2.45) is 0 Å². The van der Waals surface area contributed by atoms with Crippen molar-refractivity contribution in [1.82, 2.24) is 15.3 Å². The molecule has 2 aromatic rings. The van der Waals surface area contributed by atoms with Gasteiger partial charge < -0.3 is 19.8 Å². The molecular formula is C14H17N3O3S. The zero-order chi connectivity index (χ0) is 14.5. The molecule has 2 N–H and O–H groups in total. The Labute approximate surface area is 126 Å². The fourth-order valence-corrected chi connectivity index (χ4v) is 2.80. The molecule has 7 heteroatoms. The van der Waals surface area contributed by atoms with E-state index in [9.17, 15) is 4.79 Å². The Bertz CT molecular complexity index is 556. The molecule has 1 aliphatic rings. The van der Waals surface area contributed by atoms with Crippen LogP contribution in [0.25, 0.3) is 0 Å². The highest BCUT2D eigenvalue weighted by Crippen LogP contribution is 2.14. The van der Waals surface area contributed by atoms with Crippen LogP contribution in [0, 0.1) is 0 Å². The van der Waals surface area contributed by atoms with Crippen molar-refractivity contribution < 1.29 is 14.3 Å². The summed E-state index contributed by atoms with van der Waals surface area (Å²) in [6.45, 7) is 1.55. The van der Waals surface area contributed by atoms with Crippen molar-refractivity contribution in [3.63, 3.8) is 0 Å². The van der Waals surface area contributed by atoms with Gasteiger partial charge in [-0.15, -0.1) is 11.3 Å². The number of thiazole rings is 1. The van der Waals surface area contributed by atoms with Crippen LogP contribution in [0.5, 0.6) is 0 Å². The zero-order valence-corrected chi connectivity index (χ0v) is 12.3. The third kappa shape index (κ3) is 3.69. The monoisotopic (exact) mass is 307 g/mol. The molecule has 6 nitrogen and oxygen atoms in total. The normalized spacial score (nSPS) is 22.1. The van der Waals surface area contributed by atoms with Gasteiger partial charge >= 0.3 is 0 Å². The number of hydrogen-bond acceptors (Lipinski definition) is 5. The van der Waals surface area contributed by atoms with Crippen molar-refractivity contribution in [3.05, 3.63) is 40.6 Å². The molecule has 3 heterocycles. The van der Waals surface area contributed by atoms with Gasteiger partial charge in [-0.25, -0.2) is 4.98 Å². The van der Waals surface area contributed by atoms with Gasteiger partial charge in [-0.2, -0.15) is 0 Å². The van der Waals surface area contributed by atoms with Gasteiger partial charge in [0.05, 0.1) is 30.5 Å². The van der Waals surface area contributed by atoms with Gasteiger partial charge in [-0.1, -0.05) is 0 Å². The van der Waals surface area contributed by atoms with Gasteiger partial charge in [0.15, 0.2) is 0 Å². The van der Waals surface area contributed by atoms with E-state index in [1.165, 1.54) is 11.3 Å². The number of nitrogens with zero attached hydrogens (tertiary/aromatic N) is 1. The molecule has 0 aromatic carbocycles. The molecule has 2 unspecified atom stereocenters. The number of nitrogens with one attached hydrogen (secondary N) is 2. The van der Waals surface area contributed by atoms with Gasteiger partial charge in [0, 0.05) is 18.2 Å². The van der Waals surface area contributed by atoms with Crippen LogP contribution < -0.4 is 5.32 Å². The highest BCUT2D eigenvalue weighted by Gasteiger charge is 2.28. The summed E-state index contributed by atoms with van der Waals surface area (Å²) in [5.41, 5.74) is 3.24. The van der Waals surface area contributed by atoms with Gasteiger partial charge in [0.2, 0.25) is 0 Å². The lowest BCUT2D eigenvalue weighted by Crippen LogP contribution is -2.50. The van der Waals surface area contributed by atoms with Crippen molar-refractivity contribution >= 4 is 17.2 Å². The van der Waals surface area contributed by atoms with E-state index in [2.05, 4.69) is 15.3 Å². The Kier molecular flexibility index (Phi) is 4.64. The molecule has 0 aliphatic carbocycles. The SMILES string of the molecule is O=C(NC1CCOCC1OCc1cscn1)c1ccc[nH]1. The molecule has 1 amide bonds. The summed E-state index contributed by atoms with van der Waals surface area (Å²) >= 11 is 1.54. The van der Waals surface area contributed by atoms with E-state index in [0.717, 1.165) is 12.1 Å². The average molecular weight is 307 g/mol. The highest BCUT2D eigenvalue weighted by molar-refractivity contribution is 7.07. The molecule has 0 radical (unpaired) electrons. The maximum absolute atomic E-state index is 12.1. The van der Waals surface area contributed by atoms with E-state index in [0.29, 0.717) is 25.5 Å². The number of rotatable bonds is 5. The number of carbonyl (C=O) groups is 1. The largest absolute Gasteiger partial charge is 0.379 e. The summed E-state index contributed by atoms with van der Waals surface area (Å²) in [5.74, 6) is -0.117. The van der Waals surface area contributed by atoms with E-state index in [1.807, 2.05) is 5.38 Å². The fraction of sp³-hybridized carbons (Fsp3) is 0.429. The molecule has 21 heavy (non-hydrogen) atoms. The van der Waals surface area contributed by atoms with Crippen LogP contribution in [0.3, 0.4) is 0 Å². The number of hydrogen-bond donors (Lipinski definition) is 2. The molecule has 3 rings (SSSR count). The average Bonchev–Trinajstić information content (AvgIpc) is 3.20. The lowest BCUT2D eigenvalue weighted by molar-refractivity contribution is -0.0742. The summed E-state index contributed by atoms with van der Waals surface area (Å²) < 4.78 is 11.3. The number of H-pyrrole nitrogens is 1. The number of aromatic amines is 1. The standard InChI is InChI=1S/C14H17N3O3S/c18-14(12-2-1-4-15-12)17-11-3-5-19-7-13(11)20-6-10-8-21-9-16-10/h1-2,4,8-9,11,13,15H,3,5-7H2,(H,17,18). The molecule has 0 saturated carbocycles. The molecule has 1 fully saturated rings. The minimum atomic E-state index is -0.153. The first-order chi connectivity index (χ1) is 10.3. The first kappa shape index (κ1) is 14.2. The number of aromatic nitrogens is 2. The molecule has 1 saturated heterocycles. The summed E-state index contributed by atoms with van der Waals surface area (Å²) in [7, 11) is 0. The Morgan fingerprint density at radius 2 is 2.57 bits per heavy atom. The number of carbonyl (C=O) groups excluding carboxylic acids is 1. The van der Waals surface area contributed by atoms with E-state index >= 15 is 0 Å². The molecule has 2 aromatic heterocycles. The highest BCUT2D eigenvalue weighted by atomic mass is 32.1. The number of amides is 1. The minimum absolute atomic E-state index is 0.0480. The lowest BCUT2D eigenvalue weighted by atomic mass is 10.1. The molecule has 0 spiro atoms. The molecule has 0 bridgehead atoms. The van der Waals surface area contributed by atoms with Crippen LogP contribution in [-0.2, 0) is 16.1 Å². The molecule has 112 valence electrons. The topological polar surface area (TPSA) is 76.2 Å². The smallest absolute Gasteiger partial charge is 0.267 e. The molecule has 2 atom stereocenters. The van der Waals surface area contributed by atoms with Crippen molar-refractivity contribution in [3.8, 4) is 0 Å².